The van der Waals surface area contributed by atoms with E-state index in [-0.39, 0.29) is 0 Å². The molecule has 0 fully saturated rings. The highest BCUT2D eigenvalue weighted by molar-refractivity contribution is 9.10. The van der Waals surface area contributed by atoms with Gasteiger partial charge in [-0.25, -0.2) is 0 Å². The van der Waals surface area contributed by atoms with Crippen LogP contribution in [-0.2, 0) is 6.42 Å². The SMILES string of the molecule is COc1c(C)c(C)c(Br)c(C)c1CC(C)CN. The molecule has 0 saturated heterocycles. The summed E-state index contributed by atoms with van der Waals surface area (Å²) in [5.41, 5.74) is 10.7. The van der Waals surface area contributed by atoms with Crippen molar-refractivity contribution < 1.29 is 4.74 Å². The molecule has 17 heavy (non-hydrogen) atoms. The van der Waals surface area contributed by atoms with Crippen molar-refractivity contribution >= 4 is 15.9 Å². The van der Waals surface area contributed by atoms with Crippen LogP contribution in [0.3, 0.4) is 0 Å². The molecule has 0 saturated carbocycles. The van der Waals surface area contributed by atoms with Crippen molar-refractivity contribution in [1.29, 1.82) is 0 Å². The maximum absolute atomic E-state index is 5.71. The Morgan fingerprint density at radius 1 is 1.18 bits per heavy atom. The Labute approximate surface area is 113 Å². The van der Waals surface area contributed by atoms with Crippen molar-refractivity contribution in [3.05, 3.63) is 26.7 Å². The molecule has 0 spiro atoms. The van der Waals surface area contributed by atoms with Gasteiger partial charge in [0.1, 0.15) is 5.75 Å². The summed E-state index contributed by atoms with van der Waals surface area (Å²) in [5.74, 6) is 1.49. The predicted molar refractivity (Wildman–Crippen MR) is 76.8 cm³/mol. The second-order valence-corrected chi connectivity index (χ2v) is 5.54. The molecule has 0 radical (unpaired) electrons. The van der Waals surface area contributed by atoms with E-state index >= 15 is 0 Å². The fourth-order valence-corrected chi connectivity index (χ4v) is 2.64. The van der Waals surface area contributed by atoms with Crippen LogP contribution in [0.2, 0.25) is 0 Å². The van der Waals surface area contributed by atoms with Gasteiger partial charge in [0.2, 0.25) is 0 Å². The zero-order chi connectivity index (χ0) is 13.2. The Morgan fingerprint density at radius 3 is 2.24 bits per heavy atom. The van der Waals surface area contributed by atoms with Gasteiger partial charge >= 0.3 is 0 Å². The van der Waals surface area contributed by atoms with Crippen LogP contribution < -0.4 is 10.5 Å². The Kier molecular flexibility index (Phi) is 5.02. The molecule has 96 valence electrons. The lowest BCUT2D eigenvalue weighted by Crippen LogP contribution is -2.15. The molecule has 1 aromatic rings. The molecule has 2 nitrogen and oxygen atoms in total. The zero-order valence-corrected chi connectivity index (χ0v) is 12.9. The molecule has 1 aromatic carbocycles. The second-order valence-electron chi connectivity index (χ2n) is 4.75. The van der Waals surface area contributed by atoms with Crippen LogP contribution in [0.1, 0.15) is 29.2 Å². The number of nitrogens with two attached hydrogens (primary N) is 1. The Morgan fingerprint density at radius 2 is 1.76 bits per heavy atom. The summed E-state index contributed by atoms with van der Waals surface area (Å²) >= 11 is 3.67. The highest BCUT2D eigenvalue weighted by Gasteiger charge is 2.17. The van der Waals surface area contributed by atoms with Gasteiger partial charge in [-0.2, -0.15) is 0 Å². The van der Waals surface area contributed by atoms with E-state index in [0.717, 1.165) is 12.2 Å². The lowest BCUT2D eigenvalue weighted by molar-refractivity contribution is 0.401. The summed E-state index contributed by atoms with van der Waals surface area (Å²) in [6, 6.07) is 0. The monoisotopic (exact) mass is 299 g/mol. The van der Waals surface area contributed by atoms with Crippen LogP contribution in [0.25, 0.3) is 0 Å². The molecule has 0 aliphatic heterocycles. The van der Waals surface area contributed by atoms with Crippen molar-refractivity contribution in [3.63, 3.8) is 0 Å². The first-order valence-corrected chi connectivity index (χ1v) is 6.75. The molecule has 1 unspecified atom stereocenters. The first-order valence-electron chi connectivity index (χ1n) is 5.96. The van der Waals surface area contributed by atoms with Crippen molar-refractivity contribution in [3.8, 4) is 5.75 Å². The molecular weight excluding hydrogens is 278 g/mol. The van der Waals surface area contributed by atoms with Crippen molar-refractivity contribution in [1.82, 2.24) is 0 Å². The van der Waals surface area contributed by atoms with Crippen LogP contribution >= 0.6 is 15.9 Å². The van der Waals surface area contributed by atoms with Crippen LogP contribution in [0, 0.1) is 26.7 Å². The number of hydrogen-bond acceptors (Lipinski definition) is 2. The number of hydrogen-bond donors (Lipinski definition) is 1. The quantitative estimate of drug-likeness (QED) is 0.923. The maximum atomic E-state index is 5.71. The smallest absolute Gasteiger partial charge is 0.125 e. The molecule has 1 rings (SSSR count). The average Bonchev–Trinajstić information content (AvgIpc) is 2.33. The topological polar surface area (TPSA) is 35.2 Å². The minimum atomic E-state index is 0.469. The average molecular weight is 300 g/mol. The van der Waals surface area contributed by atoms with Gasteiger partial charge < -0.3 is 10.5 Å². The van der Waals surface area contributed by atoms with Gasteiger partial charge in [-0.3, -0.25) is 0 Å². The molecule has 1 atom stereocenters. The normalized spacial score (nSPS) is 12.6. The lowest BCUT2D eigenvalue weighted by Gasteiger charge is -2.20. The predicted octanol–water partition coefficient (Wildman–Crippen LogP) is 3.52. The third kappa shape index (κ3) is 2.83. The van der Waals surface area contributed by atoms with E-state index in [1.165, 1.54) is 26.7 Å². The van der Waals surface area contributed by atoms with Gasteiger partial charge in [-0.05, 0) is 61.9 Å². The Bertz CT molecular complexity index is 415. The number of benzene rings is 1. The highest BCUT2D eigenvalue weighted by atomic mass is 79.9. The first kappa shape index (κ1) is 14.5. The van der Waals surface area contributed by atoms with E-state index < -0.39 is 0 Å². The van der Waals surface area contributed by atoms with E-state index in [2.05, 4.69) is 43.6 Å². The van der Waals surface area contributed by atoms with Crippen LogP contribution in [0.4, 0.5) is 0 Å². The van der Waals surface area contributed by atoms with Gasteiger partial charge in [0.05, 0.1) is 7.11 Å². The van der Waals surface area contributed by atoms with Crippen molar-refractivity contribution in [2.45, 2.75) is 34.1 Å². The van der Waals surface area contributed by atoms with Gasteiger partial charge in [0.25, 0.3) is 0 Å². The highest BCUT2D eigenvalue weighted by Crippen LogP contribution is 2.37. The summed E-state index contributed by atoms with van der Waals surface area (Å²) in [4.78, 5) is 0. The van der Waals surface area contributed by atoms with Crippen molar-refractivity contribution in [2.75, 3.05) is 13.7 Å². The van der Waals surface area contributed by atoms with E-state index in [1.54, 1.807) is 7.11 Å². The fourth-order valence-electron chi connectivity index (χ4n) is 2.10. The van der Waals surface area contributed by atoms with E-state index in [4.69, 9.17) is 10.5 Å². The van der Waals surface area contributed by atoms with Crippen molar-refractivity contribution in [2.24, 2.45) is 11.7 Å². The summed E-state index contributed by atoms with van der Waals surface area (Å²) in [5, 5.41) is 0. The van der Waals surface area contributed by atoms with Gasteiger partial charge in [-0.1, -0.05) is 22.9 Å². The molecule has 0 aliphatic carbocycles. The first-order chi connectivity index (χ1) is 7.93. The summed E-state index contributed by atoms with van der Waals surface area (Å²) in [7, 11) is 1.74. The molecule has 3 heteroatoms. The van der Waals surface area contributed by atoms with Gasteiger partial charge in [-0.15, -0.1) is 0 Å². The molecule has 0 bridgehead atoms. The summed E-state index contributed by atoms with van der Waals surface area (Å²) < 4.78 is 6.77. The molecule has 0 aliphatic rings. The van der Waals surface area contributed by atoms with Gasteiger partial charge in [0.15, 0.2) is 0 Å². The van der Waals surface area contributed by atoms with E-state index in [0.29, 0.717) is 12.5 Å². The number of halogens is 1. The molecule has 0 heterocycles. The number of rotatable bonds is 4. The molecule has 2 N–H and O–H groups in total. The number of methoxy groups -OCH3 is 1. The second kappa shape index (κ2) is 5.87. The largest absolute Gasteiger partial charge is 0.496 e. The third-order valence-electron chi connectivity index (χ3n) is 3.45. The number of ether oxygens (including phenoxy) is 1. The Balaban J connectivity index is 3.36. The van der Waals surface area contributed by atoms with Crippen LogP contribution in [-0.4, -0.2) is 13.7 Å². The molecule has 0 amide bonds. The third-order valence-corrected chi connectivity index (χ3v) is 4.64. The standard InChI is InChI=1S/C14H22BrNO/c1-8(7-16)6-12-11(4)13(15)9(2)10(3)14(12)17-5/h8H,6-7,16H2,1-5H3. The Hall–Kier alpha value is -0.540. The molecular formula is C14H22BrNO. The summed E-state index contributed by atoms with van der Waals surface area (Å²) in [6.07, 6.45) is 0.964. The zero-order valence-electron chi connectivity index (χ0n) is 11.4. The van der Waals surface area contributed by atoms with Gasteiger partial charge in [0, 0.05) is 4.47 Å². The minimum absolute atomic E-state index is 0.469. The van der Waals surface area contributed by atoms with Crippen LogP contribution in [0.15, 0.2) is 4.47 Å². The van der Waals surface area contributed by atoms with E-state index in [9.17, 15) is 0 Å². The maximum Gasteiger partial charge on any atom is 0.125 e. The lowest BCUT2D eigenvalue weighted by atomic mass is 9.92. The molecule has 0 aromatic heterocycles. The van der Waals surface area contributed by atoms with E-state index in [1.807, 2.05) is 0 Å². The fraction of sp³-hybridized carbons (Fsp3) is 0.571. The van der Waals surface area contributed by atoms with Crippen LogP contribution in [0.5, 0.6) is 5.75 Å². The summed E-state index contributed by atoms with van der Waals surface area (Å²) in [6.45, 7) is 9.23. The minimum Gasteiger partial charge on any atom is -0.496 e.